The summed E-state index contributed by atoms with van der Waals surface area (Å²) in [4.78, 5) is 4.40. The van der Waals surface area contributed by atoms with E-state index < -0.39 is 0 Å². The Morgan fingerprint density at radius 3 is 3.05 bits per heavy atom. The number of nitrogens with zero attached hydrogens (tertiary/aromatic N) is 2. The monoisotopic (exact) mass is 343 g/mol. The van der Waals surface area contributed by atoms with Crippen molar-refractivity contribution in [3.05, 3.63) is 33.5 Å². The zero-order valence-corrected chi connectivity index (χ0v) is 12.2. The summed E-state index contributed by atoms with van der Waals surface area (Å²) in [6, 6.07) is 5.40. The van der Waals surface area contributed by atoms with Crippen molar-refractivity contribution in [3.8, 4) is 11.5 Å². The van der Waals surface area contributed by atoms with Gasteiger partial charge in [-0.2, -0.15) is 4.98 Å². The van der Waals surface area contributed by atoms with Crippen LogP contribution in [0.2, 0.25) is 5.02 Å². The smallest absolute Gasteiger partial charge is 0.259 e. The van der Waals surface area contributed by atoms with Crippen molar-refractivity contribution >= 4 is 27.5 Å². The average Bonchev–Trinajstić information content (AvgIpc) is 2.89. The second kappa shape index (κ2) is 5.58. The molecule has 0 amide bonds. The van der Waals surface area contributed by atoms with Crippen LogP contribution in [0.4, 0.5) is 0 Å². The molecule has 1 aromatic heterocycles. The summed E-state index contributed by atoms with van der Waals surface area (Å²) in [6.45, 7) is 2.06. The number of rotatable bonds is 2. The molecule has 0 bridgehead atoms. The van der Waals surface area contributed by atoms with E-state index in [-0.39, 0.29) is 6.04 Å². The number of ether oxygens (including phenoxy) is 1. The molecule has 1 unspecified atom stereocenters. The number of morpholine rings is 1. The van der Waals surface area contributed by atoms with Gasteiger partial charge in [0.2, 0.25) is 0 Å². The zero-order valence-electron chi connectivity index (χ0n) is 9.90. The van der Waals surface area contributed by atoms with Gasteiger partial charge in [-0.1, -0.05) is 16.8 Å². The molecule has 1 aromatic carbocycles. The number of benzene rings is 1. The Labute approximate surface area is 123 Å². The van der Waals surface area contributed by atoms with Crippen molar-refractivity contribution in [1.29, 1.82) is 0 Å². The van der Waals surface area contributed by atoms with E-state index in [1.807, 2.05) is 6.07 Å². The second-order valence-corrected chi connectivity index (χ2v) is 5.45. The van der Waals surface area contributed by atoms with Crippen LogP contribution in [0.25, 0.3) is 11.5 Å². The first-order valence-electron chi connectivity index (χ1n) is 5.84. The summed E-state index contributed by atoms with van der Waals surface area (Å²) < 4.78 is 11.5. The standard InChI is InChI=1S/C12H11BrClN3O2/c13-9-5-7(14)1-2-8(9)12-16-11(17-19-12)10-6-18-4-3-15-10/h1-2,5,10,15H,3-4,6H2. The summed E-state index contributed by atoms with van der Waals surface area (Å²) in [6.07, 6.45) is 0. The highest BCUT2D eigenvalue weighted by atomic mass is 79.9. The van der Waals surface area contributed by atoms with Gasteiger partial charge in [0.1, 0.15) is 0 Å². The zero-order chi connectivity index (χ0) is 13.2. The van der Waals surface area contributed by atoms with E-state index >= 15 is 0 Å². The molecule has 1 fully saturated rings. The molecule has 2 aromatic rings. The van der Waals surface area contributed by atoms with E-state index in [4.69, 9.17) is 20.9 Å². The molecule has 0 aliphatic carbocycles. The van der Waals surface area contributed by atoms with Gasteiger partial charge in [0.05, 0.1) is 24.8 Å². The van der Waals surface area contributed by atoms with Gasteiger partial charge in [-0.3, -0.25) is 0 Å². The van der Waals surface area contributed by atoms with E-state index in [0.29, 0.717) is 30.0 Å². The van der Waals surface area contributed by atoms with Gasteiger partial charge in [-0.25, -0.2) is 0 Å². The van der Waals surface area contributed by atoms with E-state index in [1.54, 1.807) is 12.1 Å². The number of aromatic nitrogens is 2. The lowest BCUT2D eigenvalue weighted by Gasteiger charge is -2.20. The van der Waals surface area contributed by atoms with Crippen LogP contribution in [-0.4, -0.2) is 29.9 Å². The molecule has 0 spiro atoms. The van der Waals surface area contributed by atoms with Crippen molar-refractivity contribution in [2.75, 3.05) is 19.8 Å². The van der Waals surface area contributed by atoms with E-state index in [0.717, 1.165) is 16.6 Å². The van der Waals surface area contributed by atoms with E-state index in [1.165, 1.54) is 0 Å². The molecule has 19 heavy (non-hydrogen) atoms. The number of hydrogen-bond donors (Lipinski definition) is 1. The molecular weight excluding hydrogens is 334 g/mol. The van der Waals surface area contributed by atoms with Crippen LogP contribution < -0.4 is 5.32 Å². The van der Waals surface area contributed by atoms with Crippen LogP contribution in [0.15, 0.2) is 27.2 Å². The summed E-state index contributed by atoms with van der Waals surface area (Å²) in [5, 5.41) is 7.93. The van der Waals surface area contributed by atoms with Gasteiger partial charge in [0.15, 0.2) is 5.82 Å². The third-order valence-electron chi connectivity index (χ3n) is 2.84. The van der Waals surface area contributed by atoms with Crippen molar-refractivity contribution in [3.63, 3.8) is 0 Å². The van der Waals surface area contributed by atoms with Crippen molar-refractivity contribution in [2.24, 2.45) is 0 Å². The molecular formula is C12H11BrClN3O2. The Morgan fingerprint density at radius 2 is 2.32 bits per heavy atom. The summed E-state index contributed by atoms with van der Waals surface area (Å²) >= 11 is 9.34. The Balaban J connectivity index is 1.87. The fraction of sp³-hybridized carbons (Fsp3) is 0.333. The van der Waals surface area contributed by atoms with Gasteiger partial charge in [0, 0.05) is 16.0 Å². The molecule has 1 atom stereocenters. The first kappa shape index (κ1) is 13.1. The number of nitrogens with one attached hydrogen (secondary N) is 1. The van der Waals surface area contributed by atoms with Crippen molar-refractivity contribution in [1.82, 2.24) is 15.5 Å². The minimum atomic E-state index is -0.0164. The second-order valence-electron chi connectivity index (χ2n) is 4.16. The highest BCUT2D eigenvalue weighted by molar-refractivity contribution is 9.10. The Morgan fingerprint density at radius 1 is 1.42 bits per heavy atom. The Hall–Kier alpha value is -0.950. The molecule has 1 N–H and O–H groups in total. The Bertz CT molecular complexity index is 584. The van der Waals surface area contributed by atoms with Crippen LogP contribution >= 0.6 is 27.5 Å². The third-order valence-corrected chi connectivity index (χ3v) is 3.73. The normalized spacial score (nSPS) is 19.6. The van der Waals surface area contributed by atoms with Gasteiger partial charge in [-0.15, -0.1) is 0 Å². The minimum Gasteiger partial charge on any atom is -0.378 e. The van der Waals surface area contributed by atoms with Crippen LogP contribution in [0.1, 0.15) is 11.9 Å². The summed E-state index contributed by atoms with van der Waals surface area (Å²) in [5.74, 6) is 1.07. The number of hydrogen-bond acceptors (Lipinski definition) is 5. The van der Waals surface area contributed by atoms with Crippen LogP contribution in [0.5, 0.6) is 0 Å². The molecule has 1 saturated heterocycles. The minimum absolute atomic E-state index is 0.0164. The predicted octanol–water partition coefficient (Wildman–Crippen LogP) is 2.81. The lowest BCUT2D eigenvalue weighted by atomic mass is 10.2. The van der Waals surface area contributed by atoms with Crippen LogP contribution in [0.3, 0.4) is 0 Å². The lowest BCUT2D eigenvalue weighted by Crippen LogP contribution is -2.35. The topological polar surface area (TPSA) is 60.2 Å². The molecule has 100 valence electrons. The van der Waals surface area contributed by atoms with Gasteiger partial charge in [0.25, 0.3) is 5.89 Å². The molecule has 1 aliphatic heterocycles. The molecule has 3 rings (SSSR count). The van der Waals surface area contributed by atoms with E-state index in [2.05, 4.69) is 31.4 Å². The lowest BCUT2D eigenvalue weighted by molar-refractivity contribution is 0.0734. The highest BCUT2D eigenvalue weighted by Gasteiger charge is 2.22. The summed E-state index contributed by atoms with van der Waals surface area (Å²) in [5.41, 5.74) is 0.819. The Kier molecular flexibility index (Phi) is 3.83. The van der Waals surface area contributed by atoms with Crippen LogP contribution in [0, 0.1) is 0 Å². The van der Waals surface area contributed by atoms with Crippen molar-refractivity contribution in [2.45, 2.75) is 6.04 Å². The molecule has 7 heteroatoms. The maximum Gasteiger partial charge on any atom is 0.259 e. The average molecular weight is 345 g/mol. The van der Waals surface area contributed by atoms with E-state index in [9.17, 15) is 0 Å². The molecule has 5 nitrogen and oxygen atoms in total. The number of halogens is 2. The first-order chi connectivity index (χ1) is 9.24. The highest BCUT2D eigenvalue weighted by Crippen LogP contribution is 2.30. The van der Waals surface area contributed by atoms with Gasteiger partial charge < -0.3 is 14.6 Å². The molecule has 0 radical (unpaired) electrons. The quantitative estimate of drug-likeness (QED) is 0.908. The maximum absolute atomic E-state index is 5.91. The summed E-state index contributed by atoms with van der Waals surface area (Å²) in [7, 11) is 0. The molecule has 0 saturated carbocycles. The van der Waals surface area contributed by atoms with Gasteiger partial charge >= 0.3 is 0 Å². The maximum atomic E-state index is 5.91. The molecule has 1 aliphatic rings. The SMILES string of the molecule is Clc1ccc(-c2nc(C3COCCN3)no2)c(Br)c1. The fourth-order valence-corrected chi connectivity index (χ4v) is 2.73. The third kappa shape index (κ3) is 2.81. The van der Waals surface area contributed by atoms with Crippen LogP contribution in [-0.2, 0) is 4.74 Å². The van der Waals surface area contributed by atoms with Crippen molar-refractivity contribution < 1.29 is 9.26 Å². The first-order valence-corrected chi connectivity index (χ1v) is 7.01. The largest absolute Gasteiger partial charge is 0.378 e. The van der Waals surface area contributed by atoms with Gasteiger partial charge in [-0.05, 0) is 34.1 Å². The molecule has 2 heterocycles. The fourth-order valence-electron chi connectivity index (χ4n) is 1.88. The predicted molar refractivity (Wildman–Crippen MR) is 74.0 cm³/mol.